The van der Waals surface area contributed by atoms with E-state index in [1.165, 1.54) is 0 Å². The van der Waals surface area contributed by atoms with E-state index in [-0.39, 0.29) is 0 Å². The van der Waals surface area contributed by atoms with Gasteiger partial charge in [-0.2, -0.15) is 0 Å². The number of aromatic nitrogens is 1. The van der Waals surface area contributed by atoms with Crippen molar-refractivity contribution < 1.29 is 4.74 Å². The van der Waals surface area contributed by atoms with Gasteiger partial charge in [-0.15, -0.1) is 0 Å². The van der Waals surface area contributed by atoms with Crippen LogP contribution in [0.2, 0.25) is 0 Å². The number of hydrogen-bond donors (Lipinski definition) is 0. The predicted molar refractivity (Wildman–Crippen MR) is 72.8 cm³/mol. The number of hydrogen-bond acceptors (Lipinski definition) is 4. The van der Waals surface area contributed by atoms with Crippen LogP contribution in [-0.4, -0.2) is 49.7 Å². The molecule has 1 fully saturated rings. The van der Waals surface area contributed by atoms with Gasteiger partial charge in [-0.3, -0.25) is 0 Å². The fraction of sp³-hybridized carbons (Fsp3) is 0.583. The van der Waals surface area contributed by atoms with Crippen LogP contribution in [0.15, 0.2) is 16.7 Å². The second kappa shape index (κ2) is 5.23. The molecule has 1 aromatic rings. The number of rotatable bonds is 2. The lowest BCUT2D eigenvalue weighted by atomic mass is 10.2. The Balaban J connectivity index is 2.27. The van der Waals surface area contributed by atoms with Crippen LogP contribution >= 0.6 is 15.9 Å². The summed E-state index contributed by atoms with van der Waals surface area (Å²) in [4.78, 5) is 9.13. The van der Waals surface area contributed by atoms with Crippen LogP contribution in [0.1, 0.15) is 6.92 Å². The van der Waals surface area contributed by atoms with Crippen molar-refractivity contribution in [3.8, 4) is 5.75 Å². The summed E-state index contributed by atoms with van der Waals surface area (Å²) in [6, 6.07) is 2.42. The molecule has 0 bridgehead atoms. The van der Waals surface area contributed by atoms with Crippen LogP contribution in [0.3, 0.4) is 0 Å². The van der Waals surface area contributed by atoms with E-state index in [1.807, 2.05) is 12.3 Å². The summed E-state index contributed by atoms with van der Waals surface area (Å²) in [6.45, 7) is 5.33. The molecule has 5 heteroatoms. The van der Waals surface area contributed by atoms with Gasteiger partial charge in [0.2, 0.25) is 0 Å². The smallest absolute Gasteiger partial charge is 0.171 e. The number of methoxy groups -OCH3 is 1. The Morgan fingerprint density at radius 3 is 2.88 bits per heavy atom. The number of nitrogens with zero attached hydrogens (tertiary/aromatic N) is 3. The van der Waals surface area contributed by atoms with Crippen molar-refractivity contribution in [3.63, 3.8) is 0 Å². The summed E-state index contributed by atoms with van der Waals surface area (Å²) in [7, 11) is 3.84. The highest BCUT2D eigenvalue weighted by molar-refractivity contribution is 9.10. The molecule has 0 saturated carbocycles. The Morgan fingerprint density at radius 1 is 1.47 bits per heavy atom. The molecule has 17 heavy (non-hydrogen) atoms. The van der Waals surface area contributed by atoms with E-state index in [4.69, 9.17) is 4.74 Å². The molecule has 0 aliphatic carbocycles. The number of pyridine rings is 1. The molecule has 0 radical (unpaired) electrons. The van der Waals surface area contributed by atoms with Crippen molar-refractivity contribution in [2.45, 2.75) is 13.0 Å². The third-order valence-electron chi connectivity index (χ3n) is 3.12. The van der Waals surface area contributed by atoms with E-state index in [9.17, 15) is 0 Å². The average Bonchev–Trinajstić information content (AvgIpc) is 2.30. The standard InChI is InChI=1S/C12H18BrN3O/c1-9-8-15(2)4-5-16(9)12-11(17-3)6-10(13)7-14-12/h6-7,9H,4-5,8H2,1-3H3/t9-/m0/s1. The minimum absolute atomic E-state index is 0.455. The Bertz CT molecular complexity index is 399. The number of likely N-dealkylation sites (N-methyl/N-ethyl adjacent to an activating group) is 1. The summed E-state index contributed by atoms with van der Waals surface area (Å²) < 4.78 is 6.35. The zero-order valence-corrected chi connectivity index (χ0v) is 12.1. The van der Waals surface area contributed by atoms with Crippen molar-refractivity contribution in [1.82, 2.24) is 9.88 Å². The quantitative estimate of drug-likeness (QED) is 0.835. The minimum Gasteiger partial charge on any atom is -0.493 e. The van der Waals surface area contributed by atoms with Gasteiger partial charge in [-0.25, -0.2) is 4.98 Å². The van der Waals surface area contributed by atoms with Crippen LogP contribution in [0.5, 0.6) is 5.75 Å². The molecular formula is C12H18BrN3O. The fourth-order valence-electron chi connectivity index (χ4n) is 2.23. The maximum Gasteiger partial charge on any atom is 0.171 e. The highest BCUT2D eigenvalue weighted by atomic mass is 79.9. The summed E-state index contributed by atoms with van der Waals surface area (Å²) in [5.41, 5.74) is 0. The van der Waals surface area contributed by atoms with Gasteiger partial charge < -0.3 is 14.5 Å². The Labute approximate surface area is 111 Å². The first-order chi connectivity index (χ1) is 8.11. The zero-order chi connectivity index (χ0) is 12.4. The maximum absolute atomic E-state index is 5.41. The molecule has 2 heterocycles. The molecule has 1 aliphatic heterocycles. The predicted octanol–water partition coefficient (Wildman–Crippen LogP) is 1.99. The molecule has 4 nitrogen and oxygen atoms in total. The van der Waals surface area contributed by atoms with E-state index < -0.39 is 0 Å². The van der Waals surface area contributed by atoms with Crippen LogP contribution in [0, 0.1) is 0 Å². The number of anilines is 1. The molecule has 2 rings (SSSR count). The zero-order valence-electron chi connectivity index (χ0n) is 10.5. The van der Waals surface area contributed by atoms with Gasteiger partial charge in [0, 0.05) is 36.3 Å². The number of piperazine rings is 1. The molecule has 0 amide bonds. The third-order valence-corrected chi connectivity index (χ3v) is 3.56. The van der Waals surface area contributed by atoms with Crippen molar-refractivity contribution in [3.05, 3.63) is 16.7 Å². The van der Waals surface area contributed by atoms with Gasteiger partial charge in [0.15, 0.2) is 11.6 Å². The highest BCUT2D eigenvalue weighted by Crippen LogP contribution is 2.30. The summed E-state index contributed by atoms with van der Waals surface area (Å²) in [5.74, 6) is 1.77. The summed E-state index contributed by atoms with van der Waals surface area (Å²) >= 11 is 3.42. The summed E-state index contributed by atoms with van der Waals surface area (Å²) in [5, 5.41) is 0. The second-order valence-corrected chi connectivity index (χ2v) is 5.40. The van der Waals surface area contributed by atoms with E-state index >= 15 is 0 Å². The highest BCUT2D eigenvalue weighted by Gasteiger charge is 2.25. The molecule has 1 saturated heterocycles. The molecule has 0 N–H and O–H groups in total. The Morgan fingerprint density at radius 2 is 2.24 bits per heavy atom. The average molecular weight is 300 g/mol. The van der Waals surface area contributed by atoms with Crippen LogP contribution in [-0.2, 0) is 0 Å². The lowest BCUT2D eigenvalue weighted by molar-refractivity contribution is 0.273. The monoisotopic (exact) mass is 299 g/mol. The largest absolute Gasteiger partial charge is 0.493 e. The van der Waals surface area contributed by atoms with Crippen LogP contribution in [0.25, 0.3) is 0 Å². The SMILES string of the molecule is COc1cc(Br)cnc1N1CCN(C)C[C@@H]1C. The number of ether oxygens (including phenoxy) is 1. The van der Waals surface area contributed by atoms with E-state index in [0.29, 0.717) is 6.04 Å². The first-order valence-electron chi connectivity index (χ1n) is 5.76. The second-order valence-electron chi connectivity index (χ2n) is 4.48. The molecule has 94 valence electrons. The van der Waals surface area contributed by atoms with Crippen molar-refractivity contribution >= 4 is 21.7 Å². The molecule has 1 aliphatic rings. The fourth-order valence-corrected chi connectivity index (χ4v) is 2.54. The van der Waals surface area contributed by atoms with Crippen LogP contribution in [0.4, 0.5) is 5.82 Å². The van der Waals surface area contributed by atoms with Gasteiger partial charge in [0.25, 0.3) is 0 Å². The van der Waals surface area contributed by atoms with E-state index in [1.54, 1.807) is 7.11 Å². The molecule has 0 aromatic carbocycles. The molecule has 0 unspecified atom stereocenters. The molecule has 1 atom stereocenters. The van der Waals surface area contributed by atoms with Crippen molar-refractivity contribution in [2.75, 3.05) is 38.7 Å². The van der Waals surface area contributed by atoms with Gasteiger partial charge in [-0.1, -0.05) is 0 Å². The molecule has 0 spiro atoms. The first-order valence-corrected chi connectivity index (χ1v) is 6.56. The first kappa shape index (κ1) is 12.6. The number of halogens is 1. The summed E-state index contributed by atoms with van der Waals surface area (Å²) in [6.07, 6.45) is 1.82. The molecular weight excluding hydrogens is 282 g/mol. The Kier molecular flexibility index (Phi) is 3.89. The van der Waals surface area contributed by atoms with Gasteiger partial charge in [0.05, 0.1) is 7.11 Å². The van der Waals surface area contributed by atoms with E-state index in [0.717, 1.165) is 35.7 Å². The lowest BCUT2D eigenvalue weighted by Gasteiger charge is -2.39. The van der Waals surface area contributed by atoms with Crippen molar-refractivity contribution in [2.24, 2.45) is 0 Å². The molecule has 1 aromatic heterocycles. The van der Waals surface area contributed by atoms with Crippen molar-refractivity contribution in [1.29, 1.82) is 0 Å². The van der Waals surface area contributed by atoms with Crippen LogP contribution < -0.4 is 9.64 Å². The van der Waals surface area contributed by atoms with E-state index in [2.05, 4.69) is 44.7 Å². The lowest BCUT2D eigenvalue weighted by Crippen LogP contribution is -2.50. The topological polar surface area (TPSA) is 28.6 Å². The van der Waals surface area contributed by atoms with Gasteiger partial charge in [-0.05, 0) is 36.0 Å². The minimum atomic E-state index is 0.455. The third kappa shape index (κ3) is 2.72. The van der Waals surface area contributed by atoms with Gasteiger partial charge >= 0.3 is 0 Å². The normalized spacial score (nSPS) is 21.6. The Hall–Kier alpha value is -0.810. The van der Waals surface area contributed by atoms with Gasteiger partial charge in [0.1, 0.15) is 0 Å². The maximum atomic E-state index is 5.41.